The van der Waals surface area contributed by atoms with Gasteiger partial charge in [-0.3, -0.25) is 9.59 Å². The van der Waals surface area contributed by atoms with Gasteiger partial charge in [0.15, 0.2) is 0 Å². The van der Waals surface area contributed by atoms with Crippen molar-refractivity contribution in [1.29, 1.82) is 0 Å². The summed E-state index contributed by atoms with van der Waals surface area (Å²) in [6.45, 7) is 6.60. The maximum Gasteiger partial charge on any atom is 0.328 e. The van der Waals surface area contributed by atoms with Crippen LogP contribution in [-0.4, -0.2) is 75.9 Å². The molecule has 1 rings (SSSR count). The Morgan fingerprint density at radius 1 is 0.620 bits per heavy atom. The van der Waals surface area contributed by atoms with Crippen molar-refractivity contribution in [1.82, 2.24) is 5.32 Å². The smallest absolute Gasteiger partial charge is 0.328 e. The minimum atomic E-state index is -0.930. The van der Waals surface area contributed by atoms with Gasteiger partial charge in [0, 0.05) is 12.0 Å². The average Bonchev–Trinajstić information content (AvgIpc) is 3.07. The maximum atomic E-state index is 13.1. The van der Waals surface area contributed by atoms with E-state index >= 15 is 0 Å². The number of hydrogen-bond donors (Lipinski definition) is 1. The molecule has 0 fully saturated rings. The fraction of sp³-hybridized carbons (Fsp3) is 0.780. The van der Waals surface area contributed by atoms with E-state index in [0.29, 0.717) is 31.1 Å². The molecule has 0 aliphatic carbocycles. The number of unbranched alkanes of at least 4 members (excludes halogenated alkanes) is 18. The van der Waals surface area contributed by atoms with Gasteiger partial charge in [-0.2, -0.15) is 0 Å². The predicted molar refractivity (Wildman–Crippen MR) is 201 cm³/mol. The third-order valence-corrected chi connectivity index (χ3v) is 8.88. The minimum Gasteiger partial charge on any atom is -1.00 e. The normalized spacial score (nSPS) is 11.8. The molecular formula is C41H73BrN2O6. The summed E-state index contributed by atoms with van der Waals surface area (Å²) in [4.78, 5) is 38.7. The molecule has 0 saturated carbocycles. The van der Waals surface area contributed by atoms with Crippen LogP contribution in [0.5, 0.6) is 5.75 Å². The van der Waals surface area contributed by atoms with Gasteiger partial charge >= 0.3 is 11.9 Å². The molecule has 1 aromatic carbocycles. The molecule has 0 radical (unpaired) electrons. The molecule has 0 aromatic heterocycles. The number of esters is 2. The lowest BCUT2D eigenvalue weighted by molar-refractivity contribution is -0.870. The molecular weight excluding hydrogens is 696 g/mol. The molecule has 0 saturated heterocycles. The zero-order chi connectivity index (χ0) is 36.0. The van der Waals surface area contributed by atoms with Gasteiger partial charge in [-0.1, -0.05) is 129 Å². The molecule has 0 aliphatic heterocycles. The van der Waals surface area contributed by atoms with Crippen LogP contribution >= 0.6 is 0 Å². The molecule has 8 nitrogen and oxygen atoms in total. The number of hydrogen-bond acceptors (Lipinski definition) is 6. The number of likely N-dealkylation sites (N-methyl/N-ethyl adjacent to an activating group) is 1. The van der Waals surface area contributed by atoms with Gasteiger partial charge in [0.25, 0.3) is 5.91 Å². The van der Waals surface area contributed by atoms with E-state index in [9.17, 15) is 14.4 Å². The monoisotopic (exact) mass is 768 g/mol. The number of nitrogens with one attached hydrogen (secondary N) is 1. The number of carbonyl (C=O) groups is 3. The van der Waals surface area contributed by atoms with E-state index in [-0.39, 0.29) is 35.8 Å². The lowest BCUT2D eigenvalue weighted by atomic mass is 10.1. The third kappa shape index (κ3) is 27.6. The van der Waals surface area contributed by atoms with Crippen LogP contribution in [0.15, 0.2) is 24.3 Å². The topological polar surface area (TPSA) is 90.9 Å². The number of benzene rings is 1. The summed E-state index contributed by atoms with van der Waals surface area (Å²) in [7, 11) is 6.32. The number of nitrogens with zero attached hydrogens (tertiary/aromatic N) is 1. The van der Waals surface area contributed by atoms with Gasteiger partial charge in [0.1, 0.15) is 24.9 Å². The first-order valence-electron chi connectivity index (χ1n) is 19.8. The van der Waals surface area contributed by atoms with Crippen molar-refractivity contribution in [3.63, 3.8) is 0 Å². The fourth-order valence-corrected chi connectivity index (χ4v) is 5.60. The summed E-state index contributed by atoms with van der Waals surface area (Å²) < 4.78 is 17.6. The number of amides is 1. The van der Waals surface area contributed by atoms with Gasteiger partial charge in [0.2, 0.25) is 0 Å². The van der Waals surface area contributed by atoms with Gasteiger partial charge in [0.05, 0.1) is 34.4 Å². The van der Waals surface area contributed by atoms with Crippen molar-refractivity contribution in [2.75, 3.05) is 47.5 Å². The van der Waals surface area contributed by atoms with Crippen molar-refractivity contribution in [2.45, 2.75) is 161 Å². The minimum absolute atomic E-state index is 0. The zero-order valence-electron chi connectivity index (χ0n) is 32.5. The molecule has 0 heterocycles. The molecule has 1 aromatic rings. The Morgan fingerprint density at radius 2 is 1.06 bits per heavy atom. The van der Waals surface area contributed by atoms with Crippen LogP contribution in [0.1, 0.15) is 165 Å². The highest BCUT2D eigenvalue weighted by Gasteiger charge is 2.24. The van der Waals surface area contributed by atoms with Crippen LogP contribution in [0.3, 0.4) is 0 Å². The average molecular weight is 770 g/mol. The van der Waals surface area contributed by atoms with Crippen LogP contribution < -0.4 is 27.0 Å². The SMILES string of the molecule is CCCCCCCCCCCCOC(=O)CCC(NC(=O)c1ccc(OCC[N+](C)(C)C)cc1)C(=O)OCCCCCCCCCCCC.[Br-]. The molecule has 1 N–H and O–H groups in total. The standard InChI is InChI=1S/C41H72N2O6.BrH/c1-6-8-10-12-14-16-18-20-22-24-33-48-39(44)31-30-38(41(46)49-34-25-23-21-19-17-15-13-11-9-7-2)42-40(45)36-26-28-37(29-27-36)47-35-32-43(3,4)5;/h26-29,38H,6-25,30-35H2,1-5H3;1H. The Hall–Kier alpha value is -2.13. The number of carbonyl (C=O) groups excluding carboxylic acids is 3. The molecule has 0 spiro atoms. The second-order valence-electron chi connectivity index (χ2n) is 14.7. The van der Waals surface area contributed by atoms with Crippen LogP contribution in [0.4, 0.5) is 0 Å². The quantitative estimate of drug-likeness (QED) is 0.0506. The molecule has 50 heavy (non-hydrogen) atoms. The number of quaternary nitrogens is 1. The van der Waals surface area contributed by atoms with Gasteiger partial charge in [-0.05, 0) is 43.5 Å². The molecule has 9 heteroatoms. The summed E-state index contributed by atoms with van der Waals surface area (Å²) in [6.07, 6.45) is 24.3. The van der Waals surface area contributed by atoms with E-state index in [4.69, 9.17) is 14.2 Å². The van der Waals surface area contributed by atoms with Crippen LogP contribution in [-0.2, 0) is 19.1 Å². The van der Waals surface area contributed by atoms with E-state index in [0.717, 1.165) is 49.6 Å². The Kier molecular flexibility index (Phi) is 30.2. The predicted octanol–water partition coefficient (Wildman–Crippen LogP) is 6.58. The van der Waals surface area contributed by atoms with E-state index in [1.807, 2.05) is 0 Å². The van der Waals surface area contributed by atoms with Gasteiger partial charge in [-0.25, -0.2) is 4.79 Å². The first kappa shape index (κ1) is 47.9. The maximum absolute atomic E-state index is 13.1. The molecule has 1 amide bonds. The second-order valence-corrected chi connectivity index (χ2v) is 14.7. The fourth-order valence-electron chi connectivity index (χ4n) is 5.60. The molecule has 0 bridgehead atoms. The highest BCUT2D eigenvalue weighted by molar-refractivity contribution is 5.97. The van der Waals surface area contributed by atoms with E-state index < -0.39 is 17.9 Å². The van der Waals surface area contributed by atoms with Crippen molar-refractivity contribution >= 4 is 17.8 Å². The van der Waals surface area contributed by atoms with E-state index in [2.05, 4.69) is 40.3 Å². The lowest BCUT2D eigenvalue weighted by Crippen LogP contribution is -3.00. The first-order valence-corrected chi connectivity index (χ1v) is 19.8. The summed E-state index contributed by atoms with van der Waals surface area (Å²) in [6, 6.07) is 5.95. The Balaban J connectivity index is 0.0000240. The van der Waals surface area contributed by atoms with Gasteiger partial charge < -0.3 is 41.0 Å². The summed E-state index contributed by atoms with van der Waals surface area (Å²) in [5.41, 5.74) is 0.412. The summed E-state index contributed by atoms with van der Waals surface area (Å²) >= 11 is 0. The largest absolute Gasteiger partial charge is 1.00 e. The molecule has 290 valence electrons. The zero-order valence-corrected chi connectivity index (χ0v) is 34.1. The van der Waals surface area contributed by atoms with Crippen molar-refractivity contribution in [3.05, 3.63) is 29.8 Å². The number of rotatable bonds is 32. The van der Waals surface area contributed by atoms with Crippen LogP contribution in [0.2, 0.25) is 0 Å². The Bertz CT molecular complexity index is 982. The third-order valence-electron chi connectivity index (χ3n) is 8.88. The van der Waals surface area contributed by atoms with Crippen LogP contribution in [0, 0.1) is 0 Å². The molecule has 1 atom stereocenters. The van der Waals surface area contributed by atoms with Gasteiger partial charge in [-0.15, -0.1) is 0 Å². The Morgan fingerprint density at radius 3 is 1.52 bits per heavy atom. The summed E-state index contributed by atoms with van der Waals surface area (Å²) in [5.74, 6) is -0.569. The van der Waals surface area contributed by atoms with Crippen molar-refractivity contribution < 1.29 is 50.1 Å². The highest BCUT2D eigenvalue weighted by Crippen LogP contribution is 2.15. The summed E-state index contributed by atoms with van der Waals surface area (Å²) in [5, 5.41) is 2.81. The second kappa shape index (κ2) is 31.6. The van der Waals surface area contributed by atoms with Crippen molar-refractivity contribution in [3.8, 4) is 5.75 Å². The van der Waals surface area contributed by atoms with Crippen molar-refractivity contribution in [2.24, 2.45) is 0 Å². The number of halogens is 1. The van der Waals surface area contributed by atoms with E-state index in [1.165, 1.54) is 89.9 Å². The van der Waals surface area contributed by atoms with Crippen LogP contribution in [0.25, 0.3) is 0 Å². The molecule has 0 aliphatic rings. The number of ether oxygens (including phenoxy) is 3. The Labute approximate surface area is 316 Å². The highest BCUT2D eigenvalue weighted by atomic mass is 79.9. The molecule has 1 unspecified atom stereocenters. The lowest BCUT2D eigenvalue weighted by Gasteiger charge is -2.23. The van der Waals surface area contributed by atoms with E-state index in [1.54, 1.807) is 24.3 Å². The first-order chi connectivity index (χ1) is 23.7.